The fraction of sp³-hybridized carbons (Fsp3) is 0.529. The standard InChI is InChI=1S/C17H23N5OS/c1-13-6-2-3-7-14(13)10-18-17(23)12-24-11-16-19-20-21-22(16)15-8-4-5-9-15/h2-3,6-7,15H,4-5,8-12H2,1H3,(H,18,23). The van der Waals surface area contributed by atoms with Gasteiger partial charge in [-0.1, -0.05) is 37.1 Å². The minimum absolute atomic E-state index is 0.0446. The van der Waals surface area contributed by atoms with Crippen LogP contribution in [0.15, 0.2) is 24.3 Å². The summed E-state index contributed by atoms with van der Waals surface area (Å²) in [7, 11) is 0. The molecular weight excluding hydrogens is 322 g/mol. The zero-order valence-corrected chi connectivity index (χ0v) is 14.8. The molecule has 1 aromatic carbocycles. The molecule has 0 aliphatic heterocycles. The van der Waals surface area contributed by atoms with E-state index in [1.807, 2.05) is 22.9 Å². The van der Waals surface area contributed by atoms with E-state index in [1.54, 1.807) is 11.8 Å². The summed E-state index contributed by atoms with van der Waals surface area (Å²) in [4.78, 5) is 12.0. The molecule has 6 nitrogen and oxygen atoms in total. The average molecular weight is 345 g/mol. The van der Waals surface area contributed by atoms with Gasteiger partial charge in [0.25, 0.3) is 0 Å². The Morgan fingerprint density at radius 2 is 2.12 bits per heavy atom. The van der Waals surface area contributed by atoms with Crippen molar-refractivity contribution in [3.05, 3.63) is 41.2 Å². The van der Waals surface area contributed by atoms with E-state index in [1.165, 1.54) is 18.4 Å². The Morgan fingerprint density at radius 3 is 2.92 bits per heavy atom. The van der Waals surface area contributed by atoms with E-state index >= 15 is 0 Å². The van der Waals surface area contributed by atoms with Gasteiger partial charge in [-0.05, 0) is 41.3 Å². The lowest BCUT2D eigenvalue weighted by Gasteiger charge is -2.11. The van der Waals surface area contributed by atoms with Crippen LogP contribution in [0.2, 0.25) is 0 Å². The largest absolute Gasteiger partial charge is 0.351 e. The maximum Gasteiger partial charge on any atom is 0.230 e. The molecule has 24 heavy (non-hydrogen) atoms. The summed E-state index contributed by atoms with van der Waals surface area (Å²) in [6, 6.07) is 8.53. The minimum Gasteiger partial charge on any atom is -0.351 e. The highest BCUT2D eigenvalue weighted by Crippen LogP contribution is 2.29. The Morgan fingerprint density at radius 1 is 1.33 bits per heavy atom. The number of tetrazole rings is 1. The fourth-order valence-electron chi connectivity index (χ4n) is 3.03. The van der Waals surface area contributed by atoms with Crippen LogP contribution in [0.1, 0.15) is 48.7 Å². The molecule has 1 aliphatic rings. The summed E-state index contributed by atoms with van der Waals surface area (Å²) in [6.45, 7) is 2.63. The molecule has 1 aliphatic carbocycles. The lowest BCUT2D eigenvalue weighted by atomic mass is 10.1. The fourth-order valence-corrected chi connectivity index (χ4v) is 3.79. The summed E-state index contributed by atoms with van der Waals surface area (Å²) in [6.07, 6.45) is 4.80. The Balaban J connectivity index is 1.42. The molecule has 128 valence electrons. The molecule has 0 spiro atoms. The second-order valence-corrected chi connectivity index (χ2v) is 7.16. The van der Waals surface area contributed by atoms with E-state index < -0.39 is 0 Å². The number of amides is 1. The van der Waals surface area contributed by atoms with Gasteiger partial charge in [-0.2, -0.15) is 0 Å². The number of nitrogens with one attached hydrogen (secondary N) is 1. The number of aryl methyl sites for hydroxylation is 1. The maximum atomic E-state index is 12.0. The summed E-state index contributed by atoms with van der Waals surface area (Å²) < 4.78 is 1.95. The third-order valence-corrected chi connectivity index (χ3v) is 5.36. The quantitative estimate of drug-likeness (QED) is 0.835. The van der Waals surface area contributed by atoms with Crippen LogP contribution in [-0.4, -0.2) is 31.9 Å². The second-order valence-electron chi connectivity index (χ2n) is 6.17. The number of benzene rings is 1. The van der Waals surface area contributed by atoms with E-state index in [-0.39, 0.29) is 5.91 Å². The smallest absolute Gasteiger partial charge is 0.230 e. The predicted molar refractivity (Wildman–Crippen MR) is 94.5 cm³/mol. The highest BCUT2D eigenvalue weighted by molar-refractivity contribution is 7.99. The second kappa shape index (κ2) is 8.28. The number of nitrogens with zero attached hydrogens (tertiary/aromatic N) is 4. The first kappa shape index (κ1) is 17.0. The lowest BCUT2D eigenvalue weighted by molar-refractivity contribution is -0.118. The van der Waals surface area contributed by atoms with Crippen molar-refractivity contribution in [2.45, 2.75) is 50.9 Å². The molecule has 2 aromatic rings. The van der Waals surface area contributed by atoms with E-state index in [0.717, 1.165) is 24.2 Å². The van der Waals surface area contributed by atoms with Crippen LogP contribution in [0.4, 0.5) is 0 Å². The van der Waals surface area contributed by atoms with Gasteiger partial charge in [0.2, 0.25) is 5.91 Å². The van der Waals surface area contributed by atoms with Gasteiger partial charge in [0.1, 0.15) is 0 Å². The summed E-state index contributed by atoms with van der Waals surface area (Å²) >= 11 is 1.56. The zero-order chi connectivity index (χ0) is 16.8. The van der Waals surface area contributed by atoms with Crippen LogP contribution in [0.3, 0.4) is 0 Å². The van der Waals surface area contributed by atoms with Crippen molar-refractivity contribution >= 4 is 17.7 Å². The number of aromatic nitrogens is 4. The molecule has 0 radical (unpaired) electrons. The van der Waals surface area contributed by atoms with E-state index in [0.29, 0.717) is 24.1 Å². The van der Waals surface area contributed by atoms with Crippen molar-refractivity contribution in [1.29, 1.82) is 0 Å². The normalized spacial score (nSPS) is 14.9. The lowest BCUT2D eigenvalue weighted by Crippen LogP contribution is -2.25. The molecule has 0 unspecified atom stereocenters. The van der Waals surface area contributed by atoms with Gasteiger partial charge in [-0.3, -0.25) is 4.79 Å². The van der Waals surface area contributed by atoms with Crippen LogP contribution in [0.5, 0.6) is 0 Å². The van der Waals surface area contributed by atoms with Gasteiger partial charge in [0, 0.05) is 6.54 Å². The van der Waals surface area contributed by atoms with Crippen molar-refractivity contribution in [2.75, 3.05) is 5.75 Å². The monoisotopic (exact) mass is 345 g/mol. The maximum absolute atomic E-state index is 12.0. The molecule has 3 rings (SSSR count). The first-order chi connectivity index (χ1) is 11.7. The molecule has 1 amide bonds. The number of rotatable bonds is 7. The first-order valence-electron chi connectivity index (χ1n) is 8.39. The van der Waals surface area contributed by atoms with Gasteiger partial charge >= 0.3 is 0 Å². The average Bonchev–Trinajstić information content (AvgIpc) is 3.25. The van der Waals surface area contributed by atoms with Crippen LogP contribution in [0, 0.1) is 6.92 Å². The molecule has 1 aromatic heterocycles. The van der Waals surface area contributed by atoms with Crippen LogP contribution < -0.4 is 5.32 Å². The highest BCUT2D eigenvalue weighted by Gasteiger charge is 2.21. The first-order valence-corrected chi connectivity index (χ1v) is 9.55. The molecule has 1 N–H and O–H groups in total. The highest BCUT2D eigenvalue weighted by atomic mass is 32.2. The van der Waals surface area contributed by atoms with Crippen molar-refractivity contribution in [2.24, 2.45) is 0 Å². The van der Waals surface area contributed by atoms with Crippen LogP contribution in [0.25, 0.3) is 0 Å². The molecule has 7 heteroatoms. The van der Waals surface area contributed by atoms with Gasteiger partial charge in [-0.25, -0.2) is 4.68 Å². The van der Waals surface area contributed by atoms with Crippen molar-refractivity contribution in [3.8, 4) is 0 Å². The van der Waals surface area contributed by atoms with Crippen molar-refractivity contribution < 1.29 is 4.79 Å². The van der Waals surface area contributed by atoms with Gasteiger partial charge in [0.05, 0.1) is 17.5 Å². The van der Waals surface area contributed by atoms with Crippen molar-refractivity contribution in [1.82, 2.24) is 25.5 Å². The Hall–Kier alpha value is -1.89. The number of thioether (sulfide) groups is 1. The SMILES string of the molecule is Cc1ccccc1CNC(=O)CSCc1nnnn1C1CCCC1. The van der Waals surface area contributed by atoms with Crippen LogP contribution in [-0.2, 0) is 17.1 Å². The van der Waals surface area contributed by atoms with Gasteiger partial charge in [0.15, 0.2) is 5.82 Å². The summed E-state index contributed by atoms with van der Waals surface area (Å²) in [5.41, 5.74) is 2.35. The molecular formula is C17H23N5OS. The Labute approximate surface area is 146 Å². The Kier molecular flexibility index (Phi) is 5.85. The molecule has 0 bridgehead atoms. The molecule has 1 heterocycles. The molecule has 0 saturated heterocycles. The van der Waals surface area contributed by atoms with Gasteiger partial charge < -0.3 is 5.32 Å². The number of carbonyl (C=O) groups excluding carboxylic acids is 1. The predicted octanol–water partition coefficient (Wildman–Crippen LogP) is 2.65. The zero-order valence-electron chi connectivity index (χ0n) is 13.9. The molecule has 1 fully saturated rings. The van der Waals surface area contributed by atoms with Gasteiger partial charge in [-0.15, -0.1) is 16.9 Å². The van der Waals surface area contributed by atoms with Crippen molar-refractivity contribution in [3.63, 3.8) is 0 Å². The third-order valence-electron chi connectivity index (χ3n) is 4.43. The number of carbonyl (C=O) groups is 1. The summed E-state index contributed by atoms with van der Waals surface area (Å²) in [5.74, 6) is 2.01. The van der Waals surface area contributed by atoms with E-state index in [4.69, 9.17) is 0 Å². The van der Waals surface area contributed by atoms with Crippen LogP contribution >= 0.6 is 11.8 Å². The van der Waals surface area contributed by atoms with E-state index in [9.17, 15) is 4.79 Å². The molecule has 1 saturated carbocycles. The van der Waals surface area contributed by atoms with E-state index in [2.05, 4.69) is 33.8 Å². The Bertz CT molecular complexity index is 681. The third kappa shape index (κ3) is 4.35. The topological polar surface area (TPSA) is 72.7 Å². The summed E-state index contributed by atoms with van der Waals surface area (Å²) in [5, 5.41) is 15.0. The number of hydrogen-bond acceptors (Lipinski definition) is 5. The molecule has 0 atom stereocenters. The minimum atomic E-state index is 0.0446. The number of hydrogen-bond donors (Lipinski definition) is 1.